The van der Waals surface area contributed by atoms with E-state index in [1.165, 1.54) is 22.3 Å². The molecular formula is C31H28N2O7S. The number of aliphatic hydroxyl groups excluding tert-OH is 1. The summed E-state index contributed by atoms with van der Waals surface area (Å²) in [6.07, 6.45) is 0.670. The molecule has 0 bridgehead atoms. The maximum Gasteiger partial charge on any atom is 0.301 e. The van der Waals surface area contributed by atoms with E-state index in [1.54, 1.807) is 49.4 Å². The number of aromatic nitrogens is 1. The summed E-state index contributed by atoms with van der Waals surface area (Å²) in [7, 11) is 0. The summed E-state index contributed by atoms with van der Waals surface area (Å²) in [5.74, 6) is -0.434. The summed E-state index contributed by atoms with van der Waals surface area (Å²) >= 11 is 1.24. The molecule has 3 heterocycles. The Morgan fingerprint density at radius 2 is 1.88 bits per heavy atom. The van der Waals surface area contributed by atoms with Gasteiger partial charge in [-0.2, -0.15) is 0 Å². The molecule has 0 saturated carbocycles. The van der Waals surface area contributed by atoms with Crippen LogP contribution in [0.15, 0.2) is 60.2 Å². The predicted octanol–water partition coefficient (Wildman–Crippen LogP) is 5.75. The zero-order chi connectivity index (χ0) is 28.8. The van der Waals surface area contributed by atoms with Crippen LogP contribution in [0.4, 0.5) is 5.13 Å². The third kappa shape index (κ3) is 4.63. The first-order valence-electron chi connectivity index (χ1n) is 13.4. The Kier molecular flexibility index (Phi) is 6.78. The maximum absolute atomic E-state index is 13.7. The summed E-state index contributed by atoms with van der Waals surface area (Å²) in [5, 5.41) is 22.2. The van der Waals surface area contributed by atoms with Crippen molar-refractivity contribution in [3.63, 3.8) is 0 Å². The Hall–Kier alpha value is -4.57. The molecule has 2 N–H and O–H groups in total. The molecule has 9 nitrogen and oxygen atoms in total. The average Bonchev–Trinajstić information content (AvgIpc) is 3.62. The van der Waals surface area contributed by atoms with Gasteiger partial charge in [-0.25, -0.2) is 4.98 Å². The molecule has 1 aromatic heterocycles. The second-order valence-corrected chi connectivity index (χ2v) is 10.9. The van der Waals surface area contributed by atoms with E-state index in [0.29, 0.717) is 47.2 Å². The van der Waals surface area contributed by atoms with E-state index < -0.39 is 17.7 Å². The molecule has 1 saturated heterocycles. The van der Waals surface area contributed by atoms with Crippen LogP contribution in [0.3, 0.4) is 0 Å². The minimum absolute atomic E-state index is 0.00392. The van der Waals surface area contributed by atoms with Gasteiger partial charge in [-0.1, -0.05) is 17.4 Å². The number of hydrogen-bond donors (Lipinski definition) is 2. The minimum Gasteiger partial charge on any atom is -0.507 e. The molecule has 1 fully saturated rings. The van der Waals surface area contributed by atoms with Crippen molar-refractivity contribution in [3.8, 4) is 23.0 Å². The van der Waals surface area contributed by atoms with Gasteiger partial charge in [-0.15, -0.1) is 0 Å². The minimum atomic E-state index is -1.02. The van der Waals surface area contributed by atoms with Gasteiger partial charge in [0.2, 0.25) is 0 Å². The number of rotatable bonds is 7. The number of phenols is 1. The van der Waals surface area contributed by atoms with Gasteiger partial charge in [0, 0.05) is 12.0 Å². The molecule has 0 radical (unpaired) electrons. The van der Waals surface area contributed by atoms with Crippen molar-refractivity contribution < 1.29 is 34.0 Å². The quantitative estimate of drug-likeness (QED) is 0.163. The second kappa shape index (κ2) is 10.4. The number of fused-ring (bicyclic) bond motifs is 2. The van der Waals surface area contributed by atoms with Gasteiger partial charge in [-0.05, 0) is 80.4 Å². The maximum atomic E-state index is 13.7. The number of thiazole rings is 1. The van der Waals surface area contributed by atoms with Gasteiger partial charge < -0.3 is 24.4 Å². The number of carbonyl (C=O) groups is 2. The van der Waals surface area contributed by atoms with Crippen LogP contribution in [0, 0.1) is 0 Å². The second-order valence-electron chi connectivity index (χ2n) is 9.84. The smallest absolute Gasteiger partial charge is 0.301 e. The van der Waals surface area contributed by atoms with Crippen LogP contribution in [-0.4, -0.2) is 46.2 Å². The van der Waals surface area contributed by atoms with Gasteiger partial charge >= 0.3 is 5.91 Å². The Labute approximate surface area is 240 Å². The van der Waals surface area contributed by atoms with E-state index in [4.69, 9.17) is 14.2 Å². The normalized spacial score (nSPS) is 19.4. The topological polar surface area (TPSA) is 118 Å². The third-order valence-electron chi connectivity index (χ3n) is 7.08. The van der Waals surface area contributed by atoms with Crippen LogP contribution in [0.25, 0.3) is 16.0 Å². The molecular weight excluding hydrogens is 544 g/mol. The summed E-state index contributed by atoms with van der Waals surface area (Å²) in [4.78, 5) is 33.3. The number of Topliss-reactive ketones (excluding diaryl/α,β-unsaturated/α-hetero) is 1. The average molecular weight is 573 g/mol. The highest BCUT2D eigenvalue weighted by Crippen LogP contribution is 2.46. The van der Waals surface area contributed by atoms with Crippen molar-refractivity contribution in [1.29, 1.82) is 0 Å². The number of carbonyl (C=O) groups excluding carboxylic acids is 2. The lowest BCUT2D eigenvalue weighted by molar-refractivity contribution is -0.132. The Morgan fingerprint density at radius 1 is 1.07 bits per heavy atom. The first-order chi connectivity index (χ1) is 19.8. The summed E-state index contributed by atoms with van der Waals surface area (Å²) in [5.41, 5.74) is 2.34. The third-order valence-corrected chi connectivity index (χ3v) is 8.10. The number of hydrogen-bond acceptors (Lipinski definition) is 9. The summed E-state index contributed by atoms with van der Waals surface area (Å²) < 4.78 is 17.8. The van der Waals surface area contributed by atoms with Gasteiger partial charge in [0.25, 0.3) is 5.78 Å². The number of ketones is 1. The standard InChI is InChI=1S/C31H28N2O7S/c1-4-38-20-8-9-21-25(15-20)41-31(32-21)33-27(17-6-10-22(34)24(14-17)39-5-2)26(29(36)30(33)37)28(35)18-7-11-23-19(13-18)12-16(3)40-23/h6-11,13-16,27,34-35H,4-5,12H2,1-3H3/t16-,27-/m0/s1. The Morgan fingerprint density at radius 3 is 2.66 bits per heavy atom. The van der Waals surface area contributed by atoms with Crippen LogP contribution in [0.2, 0.25) is 0 Å². The fourth-order valence-electron chi connectivity index (χ4n) is 5.29. The SMILES string of the molecule is CCOc1ccc2nc(N3C(=O)C(=O)C(=C(O)c4ccc5c(c4)C[C@H](C)O5)[C@@H]3c3ccc(O)c(OCC)c3)sc2c1. The molecule has 0 unspecified atom stereocenters. The van der Waals surface area contributed by atoms with Crippen LogP contribution in [0.1, 0.15) is 43.5 Å². The molecule has 3 aromatic carbocycles. The first kappa shape index (κ1) is 26.6. The van der Waals surface area contributed by atoms with Crippen molar-refractivity contribution >= 4 is 44.1 Å². The van der Waals surface area contributed by atoms with Crippen molar-refractivity contribution in [1.82, 2.24) is 4.98 Å². The molecule has 41 heavy (non-hydrogen) atoms. The van der Waals surface area contributed by atoms with Crippen LogP contribution < -0.4 is 19.1 Å². The van der Waals surface area contributed by atoms with E-state index in [-0.39, 0.29) is 28.9 Å². The number of anilines is 1. The van der Waals surface area contributed by atoms with Crippen LogP contribution in [0.5, 0.6) is 23.0 Å². The monoisotopic (exact) mass is 572 g/mol. The van der Waals surface area contributed by atoms with E-state index in [1.807, 2.05) is 19.9 Å². The zero-order valence-electron chi connectivity index (χ0n) is 22.7. The lowest BCUT2D eigenvalue weighted by Crippen LogP contribution is -2.29. The molecule has 10 heteroatoms. The number of phenolic OH excluding ortho intramolecular Hbond substituents is 1. The molecule has 2 aliphatic rings. The number of amides is 1. The van der Waals surface area contributed by atoms with Crippen molar-refractivity contribution in [2.75, 3.05) is 18.1 Å². The number of aliphatic hydroxyl groups is 1. The van der Waals surface area contributed by atoms with E-state index in [9.17, 15) is 19.8 Å². The number of ether oxygens (including phenoxy) is 3. The number of aromatic hydroxyl groups is 1. The molecule has 0 aliphatic carbocycles. The highest BCUT2D eigenvalue weighted by molar-refractivity contribution is 7.22. The molecule has 1 amide bonds. The number of benzene rings is 3. The molecule has 0 spiro atoms. The molecule has 6 rings (SSSR count). The van der Waals surface area contributed by atoms with Crippen molar-refractivity contribution in [2.24, 2.45) is 0 Å². The number of nitrogens with zero attached hydrogens (tertiary/aromatic N) is 2. The van der Waals surface area contributed by atoms with Gasteiger partial charge in [0.15, 0.2) is 16.6 Å². The van der Waals surface area contributed by atoms with E-state index in [0.717, 1.165) is 16.0 Å². The first-order valence-corrected chi connectivity index (χ1v) is 14.2. The highest BCUT2D eigenvalue weighted by Gasteiger charge is 2.48. The molecule has 4 aromatic rings. The van der Waals surface area contributed by atoms with Crippen molar-refractivity contribution in [3.05, 3.63) is 76.9 Å². The Balaban J connectivity index is 1.53. The largest absolute Gasteiger partial charge is 0.507 e. The fraction of sp³-hybridized carbons (Fsp3) is 0.258. The van der Waals surface area contributed by atoms with Crippen LogP contribution in [-0.2, 0) is 16.0 Å². The summed E-state index contributed by atoms with van der Waals surface area (Å²) in [6.45, 7) is 6.44. The van der Waals surface area contributed by atoms with E-state index in [2.05, 4.69) is 4.98 Å². The summed E-state index contributed by atoms with van der Waals surface area (Å²) in [6, 6.07) is 14.3. The zero-order valence-corrected chi connectivity index (χ0v) is 23.5. The molecule has 2 atom stereocenters. The molecule has 210 valence electrons. The Bertz CT molecular complexity index is 1730. The highest BCUT2D eigenvalue weighted by atomic mass is 32.1. The predicted molar refractivity (Wildman–Crippen MR) is 155 cm³/mol. The van der Waals surface area contributed by atoms with Gasteiger partial charge in [0.05, 0.1) is 35.0 Å². The lowest BCUT2D eigenvalue weighted by Gasteiger charge is -2.23. The van der Waals surface area contributed by atoms with E-state index >= 15 is 0 Å². The van der Waals surface area contributed by atoms with Gasteiger partial charge in [-0.3, -0.25) is 14.5 Å². The molecule has 2 aliphatic heterocycles. The van der Waals surface area contributed by atoms with Gasteiger partial charge in [0.1, 0.15) is 23.4 Å². The fourth-order valence-corrected chi connectivity index (χ4v) is 6.31. The van der Waals surface area contributed by atoms with Crippen molar-refractivity contribution in [2.45, 2.75) is 39.3 Å². The lowest BCUT2D eigenvalue weighted by atomic mass is 9.94. The van der Waals surface area contributed by atoms with Crippen LogP contribution >= 0.6 is 11.3 Å².